The van der Waals surface area contributed by atoms with Crippen molar-refractivity contribution in [3.05, 3.63) is 29.6 Å². The van der Waals surface area contributed by atoms with E-state index < -0.39 is 0 Å². The first-order valence-corrected chi connectivity index (χ1v) is 9.39. The molecule has 1 atom stereocenters. The largest absolute Gasteiger partial charge is 0.491 e. The molecule has 0 radical (unpaired) electrons. The summed E-state index contributed by atoms with van der Waals surface area (Å²) >= 11 is 0. The van der Waals surface area contributed by atoms with Crippen LogP contribution in [0.2, 0.25) is 0 Å². The van der Waals surface area contributed by atoms with Crippen molar-refractivity contribution in [3.63, 3.8) is 0 Å². The monoisotopic (exact) mass is 494 g/mol. The van der Waals surface area contributed by atoms with Gasteiger partial charge in [0.25, 0.3) is 0 Å². The van der Waals surface area contributed by atoms with Crippen molar-refractivity contribution in [1.29, 1.82) is 0 Å². The maximum absolute atomic E-state index is 13.9. The summed E-state index contributed by atoms with van der Waals surface area (Å²) in [7, 11) is 0. The van der Waals surface area contributed by atoms with Crippen molar-refractivity contribution >= 4 is 29.9 Å². The van der Waals surface area contributed by atoms with Gasteiger partial charge in [0.1, 0.15) is 0 Å². The molecule has 0 bridgehead atoms. The molecule has 2 rings (SSSR count). The number of aliphatic imine (C=N–C) groups is 1. The van der Waals surface area contributed by atoms with Crippen LogP contribution >= 0.6 is 24.0 Å². The molecule has 1 aromatic rings. The molecule has 1 aliphatic rings. The van der Waals surface area contributed by atoms with Crippen LogP contribution in [0.1, 0.15) is 26.3 Å². The number of nitrogens with zero attached hydrogens (tertiary/aromatic N) is 2. The van der Waals surface area contributed by atoms with E-state index in [0.717, 1.165) is 50.9 Å². The molecule has 1 aliphatic heterocycles. The third kappa shape index (κ3) is 8.18. The molecular weight excluding hydrogens is 462 g/mol. The third-order valence-corrected chi connectivity index (χ3v) is 4.29. The van der Waals surface area contributed by atoms with Gasteiger partial charge in [-0.3, -0.25) is 4.90 Å². The number of halogens is 2. The van der Waals surface area contributed by atoms with Crippen LogP contribution in [0.5, 0.6) is 5.75 Å². The van der Waals surface area contributed by atoms with Crippen LogP contribution in [0.25, 0.3) is 0 Å². The summed E-state index contributed by atoms with van der Waals surface area (Å²) in [5.74, 6) is 0.671. The van der Waals surface area contributed by atoms with Crippen LogP contribution in [-0.4, -0.2) is 62.9 Å². The van der Waals surface area contributed by atoms with E-state index in [0.29, 0.717) is 19.2 Å². The predicted molar refractivity (Wildman–Crippen MR) is 118 cm³/mol. The first-order chi connectivity index (χ1) is 12.6. The second-order valence-electron chi connectivity index (χ2n) is 6.27. The molecule has 0 aromatic heterocycles. The number of rotatable bonds is 8. The highest BCUT2D eigenvalue weighted by Crippen LogP contribution is 2.18. The van der Waals surface area contributed by atoms with E-state index in [9.17, 15) is 4.39 Å². The first-order valence-electron chi connectivity index (χ1n) is 9.39. The molecule has 0 spiro atoms. The van der Waals surface area contributed by atoms with Crippen LogP contribution in [-0.2, 0) is 11.3 Å². The number of nitrogens with one attached hydrogen (secondary N) is 2. The Hall–Kier alpha value is -1.13. The Balaban J connectivity index is 0.00000364. The highest BCUT2D eigenvalue weighted by molar-refractivity contribution is 14.0. The lowest BCUT2D eigenvalue weighted by molar-refractivity contribution is 0.0211. The van der Waals surface area contributed by atoms with Gasteiger partial charge >= 0.3 is 0 Å². The van der Waals surface area contributed by atoms with Gasteiger partial charge in [-0.05, 0) is 38.5 Å². The standard InChI is InChI=1S/C19H31FN4O2.HI/c1-4-21-19(22-13-15(3)24-8-10-25-11-9-24)23-14-16-6-7-18(26-5-2)17(20)12-16;/h6-7,12,15H,4-5,8-11,13-14H2,1-3H3,(H2,21,22,23);1H. The van der Waals surface area contributed by atoms with Crippen LogP contribution in [0, 0.1) is 5.82 Å². The summed E-state index contributed by atoms with van der Waals surface area (Å²) in [5.41, 5.74) is 0.810. The van der Waals surface area contributed by atoms with E-state index in [1.54, 1.807) is 6.07 Å². The van der Waals surface area contributed by atoms with Gasteiger partial charge in [0.05, 0.1) is 26.4 Å². The van der Waals surface area contributed by atoms with Gasteiger partial charge in [0, 0.05) is 32.2 Å². The Bertz CT molecular complexity index is 583. The number of hydrogen-bond donors (Lipinski definition) is 2. The molecule has 1 fully saturated rings. The predicted octanol–water partition coefficient (Wildman–Crippen LogP) is 2.62. The van der Waals surface area contributed by atoms with Crippen molar-refractivity contribution in [3.8, 4) is 5.75 Å². The number of hydrogen-bond acceptors (Lipinski definition) is 4. The number of guanidine groups is 1. The van der Waals surface area contributed by atoms with Crippen molar-refractivity contribution in [1.82, 2.24) is 15.5 Å². The fraction of sp³-hybridized carbons (Fsp3) is 0.632. The molecule has 0 aliphatic carbocycles. The Kier molecular flexibility index (Phi) is 11.6. The summed E-state index contributed by atoms with van der Waals surface area (Å²) < 4.78 is 24.6. The van der Waals surface area contributed by atoms with Gasteiger partial charge in [-0.1, -0.05) is 6.07 Å². The van der Waals surface area contributed by atoms with E-state index in [1.807, 2.05) is 19.9 Å². The lowest BCUT2D eigenvalue weighted by Gasteiger charge is -2.32. The van der Waals surface area contributed by atoms with Crippen molar-refractivity contribution < 1.29 is 13.9 Å². The van der Waals surface area contributed by atoms with Gasteiger partial charge in [-0.15, -0.1) is 24.0 Å². The molecule has 6 nitrogen and oxygen atoms in total. The summed E-state index contributed by atoms with van der Waals surface area (Å²) in [6.45, 7) is 12.0. The zero-order chi connectivity index (χ0) is 18.8. The molecule has 27 heavy (non-hydrogen) atoms. The van der Waals surface area contributed by atoms with E-state index in [-0.39, 0.29) is 35.5 Å². The van der Waals surface area contributed by atoms with E-state index >= 15 is 0 Å². The van der Waals surface area contributed by atoms with Crippen LogP contribution in [0.4, 0.5) is 4.39 Å². The van der Waals surface area contributed by atoms with E-state index in [4.69, 9.17) is 9.47 Å². The molecular formula is C19H32FIN4O2. The molecule has 1 unspecified atom stereocenters. The van der Waals surface area contributed by atoms with Crippen LogP contribution < -0.4 is 15.4 Å². The molecule has 1 saturated heterocycles. The molecule has 154 valence electrons. The lowest BCUT2D eigenvalue weighted by atomic mass is 10.2. The van der Waals surface area contributed by atoms with Crippen molar-refractivity contribution in [2.75, 3.05) is 46.0 Å². The van der Waals surface area contributed by atoms with Crippen molar-refractivity contribution in [2.24, 2.45) is 4.99 Å². The fourth-order valence-corrected chi connectivity index (χ4v) is 2.82. The van der Waals surface area contributed by atoms with E-state index in [2.05, 4.69) is 27.4 Å². The average molecular weight is 494 g/mol. The minimum atomic E-state index is -0.349. The minimum absolute atomic E-state index is 0. The number of benzene rings is 1. The second kappa shape index (κ2) is 13.1. The highest BCUT2D eigenvalue weighted by Gasteiger charge is 2.17. The third-order valence-electron chi connectivity index (χ3n) is 4.29. The molecule has 0 amide bonds. The van der Waals surface area contributed by atoms with Crippen molar-refractivity contribution in [2.45, 2.75) is 33.4 Å². The molecule has 1 heterocycles. The molecule has 1 aromatic carbocycles. The van der Waals surface area contributed by atoms with Crippen LogP contribution in [0.3, 0.4) is 0 Å². The van der Waals surface area contributed by atoms with Gasteiger partial charge < -0.3 is 20.1 Å². The Morgan fingerprint density at radius 2 is 2.04 bits per heavy atom. The van der Waals surface area contributed by atoms with Gasteiger partial charge in [-0.25, -0.2) is 9.38 Å². The normalized spacial score (nSPS) is 16.4. The second-order valence-corrected chi connectivity index (χ2v) is 6.27. The van der Waals surface area contributed by atoms with Gasteiger partial charge in [-0.2, -0.15) is 0 Å². The summed E-state index contributed by atoms with van der Waals surface area (Å²) in [6.07, 6.45) is 0. The summed E-state index contributed by atoms with van der Waals surface area (Å²) in [5, 5.41) is 6.61. The topological polar surface area (TPSA) is 58.1 Å². The average Bonchev–Trinajstić information content (AvgIpc) is 2.66. The minimum Gasteiger partial charge on any atom is -0.491 e. The zero-order valence-corrected chi connectivity index (χ0v) is 18.8. The first kappa shape index (κ1) is 23.9. The maximum atomic E-state index is 13.9. The SMILES string of the molecule is CCNC(=NCc1ccc(OCC)c(F)c1)NCC(C)N1CCOCC1.I. The van der Waals surface area contributed by atoms with Crippen LogP contribution in [0.15, 0.2) is 23.2 Å². The Morgan fingerprint density at radius 3 is 2.67 bits per heavy atom. The van der Waals surface area contributed by atoms with Gasteiger partial charge in [0.2, 0.25) is 0 Å². The Morgan fingerprint density at radius 1 is 1.30 bits per heavy atom. The molecule has 0 saturated carbocycles. The lowest BCUT2D eigenvalue weighted by Crippen LogP contribution is -2.49. The molecule has 8 heteroatoms. The zero-order valence-electron chi connectivity index (χ0n) is 16.5. The Labute approximate surface area is 178 Å². The fourth-order valence-electron chi connectivity index (χ4n) is 2.82. The number of morpholine rings is 1. The highest BCUT2D eigenvalue weighted by atomic mass is 127. The quantitative estimate of drug-likeness (QED) is 0.331. The number of ether oxygens (including phenoxy) is 2. The smallest absolute Gasteiger partial charge is 0.191 e. The van der Waals surface area contributed by atoms with Gasteiger partial charge in [0.15, 0.2) is 17.5 Å². The summed E-state index contributed by atoms with van der Waals surface area (Å²) in [6, 6.07) is 5.38. The molecule has 2 N–H and O–H groups in total. The van der Waals surface area contributed by atoms with E-state index in [1.165, 1.54) is 6.07 Å². The summed E-state index contributed by atoms with van der Waals surface area (Å²) in [4.78, 5) is 6.97. The maximum Gasteiger partial charge on any atom is 0.191 e.